The first-order valence-corrected chi connectivity index (χ1v) is 9.34. The summed E-state index contributed by atoms with van der Waals surface area (Å²) in [4.78, 5) is 30.2. The highest BCUT2D eigenvalue weighted by atomic mass is 35.5. The number of aromatic nitrogens is 2. The maximum Gasteiger partial charge on any atom is 0.263 e. The van der Waals surface area contributed by atoms with Crippen molar-refractivity contribution in [1.82, 2.24) is 9.55 Å². The lowest BCUT2D eigenvalue weighted by Crippen LogP contribution is -2.32. The molecule has 2 heterocycles. The molecule has 0 bridgehead atoms. The number of aromatic amines is 1. The summed E-state index contributed by atoms with van der Waals surface area (Å²) < 4.78 is 1.55. The van der Waals surface area contributed by atoms with Crippen LogP contribution < -0.4 is 10.9 Å². The minimum Gasteiger partial charge on any atom is -0.324 e. The molecule has 1 atom stereocenters. The second-order valence-electron chi connectivity index (χ2n) is 5.59. The summed E-state index contributed by atoms with van der Waals surface area (Å²) in [5, 5.41) is 3.91. The van der Waals surface area contributed by atoms with Crippen LogP contribution in [0.25, 0.3) is 10.2 Å². The Morgan fingerprint density at radius 3 is 2.72 bits per heavy atom. The zero-order valence-corrected chi connectivity index (χ0v) is 16.0. The van der Waals surface area contributed by atoms with Gasteiger partial charge in [-0.2, -0.15) is 0 Å². The molecular weight excluding hydrogens is 378 g/mol. The third-order valence-corrected chi connectivity index (χ3v) is 5.64. The van der Waals surface area contributed by atoms with Gasteiger partial charge in [0.2, 0.25) is 5.91 Å². The van der Waals surface area contributed by atoms with Crippen LogP contribution in [0, 0.1) is 4.77 Å². The highest BCUT2D eigenvalue weighted by Gasteiger charge is 2.20. The standard InChI is InChI=1S/C17H16ClN3O2S2/c1-3-12-8-13-15(25-12)20-17(24)21(16(13)23)9(2)14(22)19-11-6-4-10(18)5-7-11/h4-9H,3H2,1-2H3,(H,19,22)(H,20,24). The van der Waals surface area contributed by atoms with Gasteiger partial charge in [-0.05, 0) is 55.9 Å². The van der Waals surface area contributed by atoms with E-state index in [-0.39, 0.29) is 16.2 Å². The van der Waals surface area contributed by atoms with E-state index in [1.165, 1.54) is 15.9 Å². The molecule has 1 amide bonds. The summed E-state index contributed by atoms with van der Waals surface area (Å²) in [7, 11) is 0. The minimum atomic E-state index is -0.749. The molecule has 0 aliphatic rings. The van der Waals surface area contributed by atoms with E-state index in [0.29, 0.717) is 16.1 Å². The van der Waals surface area contributed by atoms with Crippen molar-refractivity contribution >= 4 is 57.0 Å². The summed E-state index contributed by atoms with van der Waals surface area (Å²) in [6.07, 6.45) is 0.839. The van der Waals surface area contributed by atoms with Crippen molar-refractivity contribution < 1.29 is 4.79 Å². The SMILES string of the molecule is CCc1cc2c(=O)n(C(C)C(=O)Nc3ccc(Cl)cc3)c(=S)[nH]c2s1. The fourth-order valence-corrected chi connectivity index (χ4v) is 4.02. The Morgan fingerprint density at radius 2 is 2.08 bits per heavy atom. The molecule has 3 aromatic rings. The number of H-pyrrole nitrogens is 1. The zero-order chi connectivity index (χ0) is 18.1. The quantitative estimate of drug-likeness (QED) is 0.639. The van der Waals surface area contributed by atoms with Crippen LogP contribution in [-0.2, 0) is 11.2 Å². The third kappa shape index (κ3) is 3.53. The monoisotopic (exact) mass is 393 g/mol. The predicted molar refractivity (Wildman–Crippen MR) is 105 cm³/mol. The number of rotatable bonds is 4. The predicted octanol–water partition coefficient (Wildman–Crippen LogP) is 4.54. The van der Waals surface area contributed by atoms with Crippen LogP contribution in [0.5, 0.6) is 0 Å². The molecule has 0 aliphatic heterocycles. The average Bonchev–Trinajstić information content (AvgIpc) is 3.00. The van der Waals surface area contributed by atoms with Crippen LogP contribution in [0.2, 0.25) is 5.02 Å². The Hall–Kier alpha value is -1.96. The van der Waals surface area contributed by atoms with Crippen molar-refractivity contribution in [3.05, 3.63) is 55.4 Å². The van der Waals surface area contributed by atoms with Crippen molar-refractivity contribution in [2.45, 2.75) is 26.3 Å². The molecule has 0 spiro atoms. The number of nitrogens with one attached hydrogen (secondary N) is 2. The van der Waals surface area contributed by atoms with Crippen LogP contribution in [-0.4, -0.2) is 15.5 Å². The first-order valence-electron chi connectivity index (χ1n) is 7.74. The van der Waals surface area contributed by atoms with Crippen LogP contribution in [0.15, 0.2) is 35.1 Å². The van der Waals surface area contributed by atoms with Gasteiger partial charge in [-0.3, -0.25) is 14.2 Å². The first kappa shape index (κ1) is 17.8. The minimum absolute atomic E-state index is 0.237. The molecule has 0 saturated carbocycles. The Bertz CT molecular complexity index is 1050. The maximum absolute atomic E-state index is 12.8. The molecule has 0 radical (unpaired) electrons. The van der Waals surface area contributed by atoms with Gasteiger partial charge in [0.25, 0.3) is 5.56 Å². The summed E-state index contributed by atoms with van der Waals surface area (Å²) in [6, 6.07) is 7.88. The van der Waals surface area contributed by atoms with Gasteiger partial charge in [-0.25, -0.2) is 0 Å². The maximum atomic E-state index is 12.8. The van der Waals surface area contributed by atoms with E-state index in [4.69, 9.17) is 23.8 Å². The molecule has 0 fully saturated rings. The Kier molecular flexibility index (Phi) is 5.08. The van der Waals surface area contributed by atoms with Gasteiger partial charge in [-0.1, -0.05) is 18.5 Å². The fraction of sp³-hybridized carbons (Fsp3) is 0.235. The second-order valence-corrected chi connectivity index (χ2v) is 7.55. The fourth-order valence-electron chi connectivity index (χ4n) is 2.50. The summed E-state index contributed by atoms with van der Waals surface area (Å²) in [5.41, 5.74) is 0.350. The van der Waals surface area contributed by atoms with E-state index in [1.54, 1.807) is 31.2 Å². The summed E-state index contributed by atoms with van der Waals surface area (Å²) in [6.45, 7) is 3.68. The number of fused-ring (bicyclic) bond motifs is 1. The Balaban J connectivity index is 1.97. The van der Waals surface area contributed by atoms with Crippen molar-refractivity contribution in [2.75, 3.05) is 5.32 Å². The van der Waals surface area contributed by atoms with E-state index in [1.807, 2.05) is 13.0 Å². The van der Waals surface area contributed by atoms with Gasteiger partial charge >= 0.3 is 0 Å². The van der Waals surface area contributed by atoms with Crippen LogP contribution >= 0.6 is 35.2 Å². The van der Waals surface area contributed by atoms with Crippen molar-refractivity contribution in [2.24, 2.45) is 0 Å². The van der Waals surface area contributed by atoms with E-state index < -0.39 is 6.04 Å². The summed E-state index contributed by atoms with van der Waals surface area (Å²) >= 11 is 12.7. The number of aryl methyl sites for hydroxylation is 1. The van der Waals surface area contributed by atoms with Gasteiger partial charge < -0.3 is 10.3 Å². The largest absolute Gasteiger partial charge is 0.324 e. The Labute approximate surface area is 158 Å². The van der Waals surface area contributed by atoms with Gasteiger partial charge in [0.1, 0.15) is 10.9 Å². The molecule has 0 aliphatic carbocycles. The molecule has 1 aromatic carbocycles. The molecule has 1 unspecified atom stereocenters. The van der Waals surface area contributed by atoms with Crippen molar-refractivity contribution in [3.63, 3.8) is 0 Å². The number of anilines is 1. The second kappa shape index (κ2) is 7.11. The first-order chi connectivity index (χ1) is 11.9. The number of hydrogen-bond acceptors (Lipinski definition) is 4. The van der Waals surface area contributed by atoms with Crippen molar-refractivity contribution in [3.8, 4) is 0 Å². The number of hydrogen-bond donors (Lipinski definition) is 2. The van der Waals surface area contributed by atoms with Gasteiger partial charge in [0, 0.05) is 15.6 Å². The smallest absolute Gasteiger partial charge is 0.263 e. The number of nitrogens with zero attached hydrogens (tertiary/aromatic N) is 1. The van der Waals surface area contributed by atoms with Crippen LogP contribution in [0.4, 0.5) is 5.69 Å². The summed E-state index contributed by atoms with van der Waals surface area (Å²) in [5.74, 6) is -0.325. The van der Waals surface area contributed by atoms with Crippen molar-refractivity contribution in [1.29, 1.82) is 0 Å². The molecule has 130 valence electrons. The topological polar surface area (TPSA) is 66.9 Å². The van der Waals surface area contributed by atoms with E-state index in [9.17, 15) is 9.59 Å². The van der Waals surface area contributed by atoms with Crippen LogP contribution in [0.3, 0.4) is 0 Å². The number of halogens is 1. The number of amides is 1. The lowest BCUT2D eigenvalue weighted by Gasteiger charge is -2.15. The highest BCUT2D eigenvalue weighted by molar-refractivity contribution is 7.71. The number of benzene rings is 1. The number of carbonyl (C=O) groups excluding carboxylic acids is 1. The van der Waals surface area contributed by atoms with E-state index in [2.05, 4.69) is 10.3 Å². The number of carbonyl (C=O) groups is 1. The number of thiophene rings is 1. The van der Waals surface area contributed by atoms with Gasteiger partial charge in [0.15, 0.2) is 4.77 Å². The average molecular weight is 394 g/mol. The normalized spacial score (nSPS) is 12.3. The molecular formula is C17H16ClN3O2S2. The lowest BCUT2D eigenvalue weighted by molar-refractivity contribution is -0.118. The van der Waals surface area contributed by atoms with E-state index in [0.717, 1.165) is 16.1 Å². The molecule has 8 heteroatoms. The molecule has 25 heavy (non-hydrogen) atoms. The molecule has 5 nitrogen and oxygen atoms in total. The molecule has 0 saturated heterocycles. The van der Waals surface area contributed by atoms with Gasteiger partial charge in [0.05, 0.1) is 5.39 Å². The Morgan fingerprint density at radius 1 is 1.40 bits per heavy atom. The zero-order valence-electron chi connectivity index (χ0n) is 13.6. The van der Waals surface area contributed by atoms with Crippen LogP contribution in [0.1, 0.15) is 24.8 Å². The molecule has 3 rings (SSSR count). The molecule has 2 N–H and O–H groups in total. The highest BCUT2D eigenvalue weighted by Crippen LogP contribution is 2.22. The van der Waals surface area contributed by atoms with Gasteiger partial charge in [-0.15, -0.1) is 11.3 Å². The lowest BCUT2D eigenvalue weighted by atomic mass is 10.2. The third-order valence-electron chi connectivity index (χ3n) is 3.90. The molecule has 2 aromatic heterocycles. The van der Waals surface area contributed by atoms with E-state index >= 15 is 0 Å².